The lowest BCUT2D eigenvalue weighted by Crippen LogP contribution is -2.48. The van der Waals surface area contributed by atoms with Gasteiger partial charge in [0.05, 0.1) is 7.11 Å². The number of carbonyl (C=O) groups is 2. The number of piperidine rings is 1. The SMILES string of the molecule is COC(=O)C1CCCCN1C(=O)OCc1ccccc1Cl. The van der Waals surface area contributed by atoms with Crippen molar-refractivity contribution in [3.05, 3.63) is 34.9 Å². The molecular formula is C15H18ClNO4. The number of esters is 1. The van der Waals surface area contributed by atoms with Crippen molar-refractivity contribution in [2.45, 2.75) is 31.9 Å². The van der Waals surface area contributed by atoms with Crippen molar-refractivity contribution >= 4 is 23.7 Å². The zero-order valence-electron chi connectivity index (χ0n) is 11.9. The van der Waals surface area contributed by atoms with Gasteiger partial charge in [-0.3, -0.25) is 4.90 Å². The summed E-state index contributed by atoms with van der Waals surface area (Å²) in [6.07, 6.45) is 1.85. The minimum atomic E-state index is -0.553. The van der Waals surface area contributed by atoms with Crippen LogP contribution in [0.4, 0.5) is 4.79 Å². The third kappa shape index (κ3) is 3.88. The first kappa shape index (κ1) is 15.6. The fourth-order valence-corrected chi connectivity index (χ4v) is 2.56. The lowest BCUT2D eigenvalue weighted by atomic mass is 10.0. The highest BCUT2D eigenvalue weighted by atomic mass is 35.5. The Labute approximate surface area is 128 Å². The Hall–Kier alpha value is -1.75. The summed E-state index contributed by atoms with van der Waals surface area (Å²) in [4.78, 5) is 25.3. The lowest BCUT2D eigenvalue weighted by Gasteiger charge is -2.32. The summed E-state index contributed by atoms with van der Waals surface area (Å²) >= 11 is 6.02. The number of likely N-dealkylation sites (tertiary alicyclic amines) is 1. The maximum atomic E-state index is 12.2. The van der Waals surface area contributed by atoms with E-state index in [1.807, 2.05) is 12.1 Å². The first-order valence-electron chi connectivity index (χ1n) is 6.88. The number of carbonyl (C=O) groups excluding carboxylic acids is 2. The average molecular weight is 312 g/mol. The van der Waals surface area contributed by atoms with Gasteiger partial charge < -0.3 is 9.47 Å². The van der Waals surface area contributed by atoms with E-state index in [0.29, 0.717) is 18.0 Å². The molecule has 1 aliphatic rings. The van der Waals surface area contributed by atoms with E-state index in [1.165, 1.54) is 12.0 Å². The zero-order chi connectivity index (χ0) is 15.2. The monoisotopic (exact) mass is 311 g/mol. The second-order valence-electron chi connectivity index (χ2n) is 4.87. The van der Waals surface area contributed by atoms with Gasteiger partial charge >= 0.3 is 12.1 Å². The predicted octanol–water partition coefficient (Wildman–Crippen LogP) is 3.00. The van der Waals surface area contributed by atoms with Crippen molar-refractivity contribution in [1.82, 2.24) is 4.90 Å². The molecule has 1 aromatic rings. The summed E-state index contributed by atoms with van der Waals surface area (Å²) in [6.45, 7) is 0.587. The number of hydrogen-bond donors (Lipinski definition) is 0. The highest BCUT2D eigenvalue weighted by Gasteiger charge is 2.33. The smallest absolute Gasteiger partial charge is 0.410 e. The highest BCUT2D eigenvalue weighted by molar-refractivity contribution is 6.31. The van der Waals surface area contributed by atoms with Gasteiger partial charge in [0.2, 0.25) is 0 Å². The third-order valence-corrected chi connectivity index (χ3v) is 3.89. The Balaban J connectivity index is 1.98. The summed E-state index contributed by atoms with van der Waals surface area (Å²) < 4.78 is 10.0. The molecule has 21 heavy (non-hydrogen) atoms. The van der Waals surface area contributed by atoms with Crippen molar-refractivity contribution in [3.8, 4) is 0 Å². The van der Waals surface area contributed by atoms with Crippen molar-refractivity contribution in [1.29, 1.82) is 0 Å². The molecule has 1 heterocycles. The first-order chi connectivity index (χ1) is 10.1. The molecule has 1 unspecified atom stereocenters. The van der Waals surface area contributed by atoms with Crippen molar-refractivity contribution < 1.29 is 19.1 Å². The van der Waals surface area contributed by atoms with Crippen LogP contribution in [0.3, 0.4) is 0 Å². The Bertz CT molecular complexity index is 520. The summed E-state index contributed by atoms with van der Waals surface area (Å²) in [7, 11) is 1.32. The fourth-order valence-electron chi connectivity index (χ4n) is 2.37. The largest absolute Gasteiger partial charge is 0.467 e. The quantitative estimate of drug-likeness (QED) is 0.805. The van der Waals surface area contributed by atoms with Gasteiger partial charge in [0, 0.05) is 17.1 Å². The molecule has 0 aromatic heterocycles. The number of methoxy groups -OCH3 is 1. The second kappa shape index (κ2) is 7.31. The van der Waals surface area contributed by atoms with Gasteiger partial charge in [-0.05, 0) is 25.3 Å². The van der Waals surface area contributed by atoms with Crippen LogP contribution >= 0.6 is 11.6 Å². The van der Waals surface area contributed by atoms with E-state index in [4.69, 9.17) is 21.1 Å². The standard InChI is InChI=1S/C15H18ClNO4/c1-20-14(18)13-8-4-5-9-17(13)15(19)21-10-11-6-2-3-7-12(11)16/h2-3,6-7,13H,4-5,8-10H2,1H3. The number of rotatable bonds is 3. The maximum absolute atomic E-state index is 12.2. The van der Waals surface area contributed by atoms with E-state index in [1.54, 1.807) is 12.1 Å². The molecule has 0 aliphatic carbocycles. The number of benzene rings is 1. The first-order valence-corrected chi connectivity index (χ1v) is 7.26. The third-order valence-electron chi connectivity index (χ3n) is 3.52. The Morgan fingerprint density at radius 3 is 2.81 bits per heavy atom. The molecule has 1 atom stereocenters. The van der Waals surface area contributed by atoms with Gasteiger partial charge in [-0.15, -0.1) is 0 Å². The molecule has 1 amide bonds. The molecule has 114 valence electrons. The molecule has 2 rings (SSSR count). The fraction of sp³-hybridized carbons (Fsp3) is 0.467. The molecule has 1 aliphatic heterocycles. The van der Waals surface area contributed by atoms with E-state index in [0.717, 1.165) is 18.4 Å². The predicted molar refractivity (Wildman–Crippen MR) is 78.0 cm³/mol. The topological polar surface area (TPSA) is 55.8 Å². The molecule has 6 heteroatoms. The molecule has 1 saturated heterocycles. The zero-order valence-corrected chi connectivity index (χ0v) is 12.6. The number of amides is 1. The van der Waals surface area contributed by atoms with Crippen LogP contribution in [0, 0.1) is 0 Å². The summed E-state index contributed by atoms with van der Waals surface area (Å²) in [5, 5.41) is 0.550. The molecule has 5 nitrogen and oxygen atoms in total. The van der Waals surface area contributed by atoms with Crippen LogP contribution in [0.5, 0.6) is 0 Å². The lowest BCUT2D eigenvalue weighted by molar-refractivity contribution is -0.147. The van der Waals surface area contributed by atoms with Crippen molar-refractivity contribution in [2.75, 3.05) is 13.7 Å². The summed E-state index contributed by atoms with van der Waals surface area (Å²) in [6, 6.07) is 6.62. The molecule has 0 N–H and O–H groups in total. The maximum Gasteiger partial charge on any atom is 0.410 e. The van der Waals surface area contributed by atoms with Gasteiger partial charge in [-0.1, -0.05) is 29.8 Å². The Morgan fingerprint density at radius 1 is 1.33 bits per heavy atom. The van der Waals surface area contributed by atoms with Gasteiger partial charge in [0.1, 0.15) is 12.6 Å². The Morgan fingerprint density at radius 2 is 2.10 bits per heavy atom. The molecule has 0 saturated carbocycles. The minimum Gasteiger partial charge on any atom is -0.467 e. The molecule has 0 bridgehead atoms. The molecular weight excluding hydrogens is 294 g/mol. The van der Waals surface area contributed by atoms with E-state index >= 15 is 0 Å². The highest BCUT2D eigenvalue weighted by Crippen LogP contribution is 2.21. The van der Waals surface area contributed by atoms with E-state index in [9.17, 15) is 9.59 Å². The second-order valence-corrected chi connectivity index (χ2v) is 5.28. The number of nitrogens with zero attached hydrogens (tertiary/aromatic N) is 1. The minimum absolute atomic E-state index is 0.0862. The van der Waals surface area contributed by atoms with Crippen LogP contribution in [0.25, 0.3) is 0 Å². The van der Waals surface area contributed by atoms with Crippen LogP contribution in [-0.4, -0.2) is 36.7 Å². The average Bonchev–Trinajstić information content (AvgIpc) is 2.53. The van der Waals surface area contributed by atoms with Gasteiger partial charge in [0.25, 0.3) is 0 Å². The van der Waals surface area contributed by atoms with Crippen LogP contribution in [-0.2, 0) is 20.9 Å². The van der Waals surface area contributed by atoms with Crippen molar-refractivity contribution in [3.63, 3.8) is 0 Å². The Kier molecular flexibility index (Phi) is 5.44. The van der Waals surface area contributed by atoms with Crippen molar-refractivity contribution in [2.24, 2.45) is 0 Å². The molecule has 0 spiro atoms. The van der Waals surface area contributed by atoms with Crippen LogP contribution < -0.4 is 0 Å². The normalized spacial score (nSPS) is 18.2. The summed E-state index contributed by atoms with van der Waals surface area (Å²) in [5.74, 6) is -0.399. The molecule has 1 fully saturated rings. The number of halogens is 1. The molecule has 0 radical (unpaired) electrons. The van der Waals surface area contributed by atoms with Gasteiger partial charge in [0.15, 0.2) is 0 Å². The summed E-state index contributed by atoms with van der Waals surface area (Å²) in [5.41, 5.74) is 0.735. The number of ether oxygens (including phenoxy) is 2. The van der Waals surface area contributed by atoms with Crippen LogP contribution in [0.1, 0.15) is 24.8 Å². The van der Waals surface area contributed by atoms with E-state index in [2.05, 4.69) is 0 Å². The van der Waals surface area contributed by atoms with Gasteiger partial charge in [-0.25, -0.2) is 9.59 Å². The van der Waals surface area contributed by atoms with Crippen LogP contribution in [0.2, 0.25) is 5.02 Å². The van der Waals surface area contributed by atoms with Gasteiger partial charge in [-0.2, -0.15) is 0 Å². The number of hydrogen-bond acceptors (Lipinski definition) is 4. The molecule has 1 aromatic carbocycles. The van der Waals surface area contributed by atoms with Crippen LogP contribution in [0.15, 0.2) is 24.3 Å². The van der Waals surface area contributed by atoms with E-state index in [-0.39, 0.29) is 6.61 Å². The van der Waals surface area contributed by atoms with E-state index < -0.39 is 18.1 Å².